The highest BCUT2D eigenvalue weighted by Crippen LogP contribution is 2.32. The van der Waals surface area contributed by atoms with Crippen LogP contribution in [0.4, 0.5) is 0 Å². The molecular formula is C14H19BrN2O2. The molecule has 1 unspecified atom stereocenters. The Morgan fingerprint density at radius 1 is 1.21 bits per heavy atom. The number of carbonyl (C=O) groups excluding carboxylic acids is 2. The Balaban J connectivity index is 3.09. The Labute approximate surface area is 121 Å². The third-order valence-corrected chi connectivity index (χ3v) is 3.96. The third-order valence-electron chi connectivity index (χ3n) is 3.01. The predicted octanol–water partition coefficient (Wildman–Crippen LogP) is 2.90. The van der Waals surface area contributed by atoms with Crippen molar-refractivity contribution in [2.75, 3.05) is 0 Å². The van der Waals surface area contributed by atoms with Gasteiger partial charge in [0.15, 0.2) is 0 Å². The van der Waals surface area contributed by atoms with Crippen LogP contribution in [0, 0.1) is 0 Å². The minimum absolute atomic E-state index is 0.000787. The molecule has 1 atom stereocenters. The van der Waals surface area contributed by atoms with Crippen LogP contribution in [0.1, 0.15) is 63.7 Å². The van der Waals surface area contributed by atoms with Crippen LogP contribution in [0.2, 0.25) is 0 Å². The van der Waals surface area contributed by atoms with E-state index in [1.165, 1.54) is 6.07 Å². The zero-order chi connectivity index (χ0) is 14.4. The third kappa shape index (κ3) is 4.06. The van der Waals surface area contributed by atoms with Crippen molar-refractivity contribution in [3.63, 3.8) is 0 Å². The molecular weight excluding hydrogens is 308 g/mol. The molecule has 0 radical (unpaired) electrons. The molecule has 104 valence electrons. The van der Waals surface area contributed by atoms with Gasteiger partial charge in [0, 0.05) is 4.83 Å². The van der Waals surface area contributed by atoms with E-state index in [1.54, 1.807) is 12.1 Å². The summed E-state index contributed by atoms with van der Waals surface area (Å²) < 4.78 is 0. The normalized spacial score (nSPS) is 12.1. The van der Waals surface area contributed by atoms with Crippen LogP contribution in [-0.2, 0) is 0 Å². The first-order valence-corrected chi connectivity index (χ1v) is 7.27. The van der Waals surface area contributed by atoms with E-state index in [4.69, 9.17) is 11.5 Å². The van der Waals surface area contributed by atoms with Crippen molar-refractivity contribution in [2.24, 2.45) is 11.5 Å². The smallest absolute Gasteiger partial charge is 0.249 e. The number of hydrogen-bond donors (Lipinski definition) is 2. The quantitative estimate of drug-likeness (QED) is 0.596. The lowest BCUT2D eigenvalue weighted by atomic mass is 9.95. The van der Waals surface area contributed by atoms with Gasteiger partial charge in [-0.2, -0.15) is 0 Å². The van der Waals surface area contributed by atoms with Crippen LogP contribution in [0.5, 0.6) is 0 Å². The van der Waals surface area contributed by atoms with Gasteiger partial charge in [-0.3, -0.25) is 9.59 Å². The van der Waals surface area contributed by atoms with E-state index in [0.29, 0.717) is 0 Å². The van der Waals surface area contributed by atoms with E-state index in [-0.39, 0.29) is 16.0 Å². The molecule has 1 rings (SSSR count). The van der Waals surface area contributed by atoms with Crippen molar-refractivity contribution < 1.29 is 9.59 Å². The maximum atomic E-state index is 11.6. The summed E-state index contributed by atoms with van der Waals surface area (Å²) >= 11 is 3.56. The molecule has 0 aliphatic carbocycles. The molecule has 0 saturated heterocycles. The highest BCUT2D eigenvalue weighted by Gasteiger charge is 2.21. The standard InChI is InChI=1S/C14H19BrN2O2/c1-2-3-4-8-11(15)9-6-5-7-10(13(16)18)12(9)14(17)19/h5-7,11H,2-4,8H2,1H3,(H2,16,18)(H2,17,19). The van der Waals surface area contributed by atoms with Gasteiger partial charge in [0.2, 0.25) is 11.8 Å². The summed E-state index contributed by atoms with van der Waals surface area (Å²) in [6.07, 6.45) is 4.19. The zero-order valence-corrected chi connectivity index (χ0v) is 12.6. The summed E-state index contributed by atoms with van der Waals surface area (Å²) in [5.41, 5.74) is 11.8. The van der Waals surface area contributed by atoms with Crippen molar-refractivity contribution in [3.05, 3.63) is 34.9 Å². The number of halogens is 1. The lowest BCUT2D eigenvalue weighted by molar-refractivity contribution is 0.0966. The first kappa shape index (κ1) is 15.7. The lowest BCUT2D eigenvalue weighted by Crippen LogP contribution is -2.22. The number of rotatable bonds is 7. The van der Waals surface area contributed by atoms with E-state index < -0.39 is 11.8 Å². The van der Waals surface area contributed by atoms with Crippen LogP contribution in [0.15, 0.2) is 18.2 Å². The minimum atomic E-state index is -0.635. The van der Waals surface area contributed by atoms with Crippen molar-refractivity contribution in [1.29, 1.82) is 0 Å². The van der Waals surface area contributed by atoms with E-state index in [9.17, 15) is 9.59 Å². The number of alkyl halides is 1. The fraction of sp³-hybridized carbons (Fsp3) is 0.429. The van der Waals surface area contributed by atoms with Gasteiger partial charge in [-0.25, -0.2) is 0 Å². The second-order valence-electron chi connectivity index (χ2n) is 4.46. The fourth-order valence-corrected chi connectivity index (χ4v) is 2.75. The van der Waals surface area contributed by atoms with Crippen LogP contribution in [0.3, 0.4) is 0 Å². The summed E-state index contributed by atoms with van der Waals surface area (Å²) in [6.45, 7) is 2.13. The number of amides is 2. The van der Waals surface area contributed by atoms with Crippen LogP contribution in [0.25, 0.3) is 0 Å². The summed E-state index contributed by atoms with van der Waals surface area (Å²) in [5.74, 6) is -1.26. The molecule has 0 heterocycles. The van der Waals surface area contributed by atoms with Crippen LogP contribution >= 0.6 is 15.9 Å². The van der Waals surface area contributed by atoms with Crippen molar-refractivity contribution in [2.45, 2.75) is 37.4 Å². The van der Waals surface area contributed by atoms with Gasteiger partial charge >= 0.3 is 0 Å². The second-order valence-corrected chi connectivity index (χ2v) is 5.57. The first-order valence-electron chi connectivity index (χ1n) is 6.35. The highest BCUT2D eigenvalue weighted by molar-refractivity contribution is 9.09. The first-order chi connectivity index (χ1) is 8.99. The Morgan fingerprint density at radius 3 is 2.42 bits per heavy atom. The Hall–Kier alpha value is -1.36. The van der Waals surface area contributed by atoms with Gasteiger partial charge in [-0.1, -0.05) is 54.2 Å². The van der Waals surface area contributed by atoms with Gasteiger partial charge < -0.3 is 11.5 Å². The number of carbonyl (C=O) groups is 2. The van der Waals surface area contributed by atoms with Gasteiger partial charge in [-0.05, 0) is 18.1 Å². The molecule has 4 nitrogen and oxygen atoms in total. The summed E-state index contributed by atoms with van der Waals surface area (Å²) in [5, 5.41) is 0. The molecule has 0 bridgehead atoms. The fourth-order valence-electron chi connectivity index (χ4n) is 2.04. The molecule has 2 amide bonds. The molecule has 0 spiro atoms. The number of unbranched alkanes of at least 4 members (excludes halogenated alkanes) is 2. The Kier molecular flexibility index (Phi) is 6.02. The summed E-state index contributed by atoms with van der Waals surface area (Å²) in [6, 6.07) is 5.05. The van der Waals surface area contributed by atoms with Crippen molar-refractivity contribution in [3.8, 4) is 0 Å². The molecule has 19 heavy (non-hydrogen) atoms. The average molecular weight is 327 g/mol. The molecule has 1 aromatic rings. The van der Waals surface area contributed by atoms with Gasteiger partial charge in [0.25, 0.3) is 0 Å². The maximum Gasteiger partial charge on any atom is 0.249 e. The van der Waals surface area contributed by atoms with E-state index >= 15 is 0 Å². The van der Waals surface area contributed by atoms with Crippen molar-refractivity contribution >= 4 is 27.7 Å². The van der Waals surface area contributed by atoms with Crippen molar-refractivity contribution in [1.82, 2.24) is 0 Å². The Bertz CT molecular complexity index is 475. The van der Waals surface area contributed by atoms with Gasteiger partial charge in [-0.15, -0.1) is 0 Å². The van der Waals surface area contributed by atoms with E-state index in [0.717, 1.165) is 31.2 Å². The molecule has 0 saturated carbocycles. The van der Waals surface area contributed by atoms with Gasteiger partial charge in [0.1, 0.15) is 0 Å². The van der Waals surface area contributed by atoms with Gasteiger partial charge in [0.05, 0.1) is 11.1 Å². The predicted molar refractivity (Wildman–Crippen MR) is 79.3 cm³/mol. The molecule has 5 heteroatoms. The second kappa shape index (κ2) is 7.28. The molecule has 0 fully saturated rings. The van der Waals surface area contributed by atoms with Crippen LogP contribution in [-0.4, -0.2) is 11.8 Å². The lowest BCUT2D eigenvalue weighted by Gasteiger charge is -2.15. The monoisotopic (exact) mass is 326 g/mol. The number of nitrogens with two attached hydrogens (primary N) is 2. The molecule has 4 N–H and O–H groups in total. The summed E-state index contributed by atoms with van der Waals surface area (Å²) in [4.78, 5) is 22.9. The average Bonchev–Trinajstić information content (AvgIpc) is 2.37. The largest absolute Gasteiger partial charge is 0.366 e. The number of benzene rings is 1. The minimum Gasteiger partial charge on any atom is -0.366 e. The zero-order valence-electron chi connectivity index (χ0n) is 11.0. The topological polar surface area (TPSA) is 86.2 Å². The highest BCUT2D eigenvalue weighted by atomic mass is 79.9. The van der Waals surface area contributed by atoms with Crippen LogP contribution < -0.4 is 11.5 Å². The van der Waals surface area contributed by atoms with E-state index in [2.05, 4.69) is 22.9 Å². The number of hydrogen-bond acceptors (Lipinski definition) is 2. The maximum absolute atomic E-state index is 11.6. The number of primary amides is 2. The molecule has 1 aromatic carbocycles. The molecule has 0 aliphatic heterocycles. The molecule has 0 aromatic heterocycles. The Morgan fingerprint density at radius 2 is 1.89 bits per heavy atom. The van der Waals surface area contributed by atoms with E-state index in [1.807, 2.05) is 0 Å². The molecule has 0 aliphatic rings. The SMILES string of the molecule is CCCCCC(Br)c1cccc(C(N)=O)c1C(N)=O. The summed E-state index contributed by atoms with van der Waals surface area (Å²) in [7, 11) is 0.